The van der Waals surface area contributed by atoms with Gasteiger partial charge in [0.2, 0.25) is 0 Å². The number of amides is 2. The lowest BCUT2D eigenvalue weighted by atomic mass is 10.1. The Bertz CT molecular complexity index is 495. The first-order chi connectivity index (χ1) is 13.9. The number of hydrogen-bond donors (Lipinski definition) is 6. The van der Waals surface area contributed by atoms with Gasteiger partial charge in [0.25, 0.3) is 11.8 Å². The van der Waals surface area contributed by atoms with Crippen molar-refractivity contribution in [3.8, 4) is 0 Å². The van der Waals surface area contributed by atoms with Gasteiger partial charge in [-0.2, -0.15) is 0 Å². The first kappa shape index (κ1) is 42.6. The van der Waals surface area contributed by atoms with E-state index in [9.17, 15) is 14.4 Å². The minimum absolute atomic E-state index is 0. The number of hydrogen-bond acceptors (Lipinski definition) is 4. The van der Waals surface area contributed by atoms with Crippen LogP contribution < -0.4 is 83.2 Å². The zero-order chi connectivity index (χ0) is 22.1. The molecule has 0 fully saturated rings. The minimum atomic E-state index is -0.691. The summed E-state index contributed by atoms with van der Waals surface area (Å²) >= 11 is 0. The predicted octanol–water partition coefficient (Wildman–Crippen LogP) is -16.0. The van der Waals surface area contributed by atoms with Crippen LogP contribution in [0.15, 0.2) is 0 Å². The first-order valence-corrected chi connectivity index (χ1v) is 10.8. The third kappa shape index (κ3) is 21.7. The maximum Gasteiger partial charge on any atom is 0.328 e. The standard InChI is InChI=1S/C19H40N6O4.4ClH/c1-29-19(28)16(25-18(27)15(23)9-3-6-12-21)10-4-7-13-24-17(26)14(22)8-2-5-11-20;;;;/h14-16H,2-13,20-23H2,1H3,(H,24,26)(H,25,27);4*1H/t14-,15-,16-;;;;/m0..../s1. The van der Waals surface area contributed by atoms with Gasteiger partial charge in [0.15, 0.2) is 12.1 Å². The second kappa shape index (κ2) is 27.7. The summed E-state index contributed by atoms with van der Waals surface area (Å²) in [4.78, 5) is 36.2. The van der Waals surface area contributed by atoms with Crippen LogP contribution in [-0.2, 0) is 19.1 Å². The lowest BCUT2D eigenvalue weighted by molar-refractivity contribution is -0.406. The van der Waals surface area contributed by atoms with Gasteiger partial charge in [0.1, 0.15) is 6.04 Å². The number of carbonyl (C=O) groups excluding carboxylic acids is 3. The van der Waals surface area contributed by atoms with Crippen LogP contribution in [0, 0.1) is 0 Å². The monoisotopic (exact) mass is 560 g/mol. The molecule has 14 N–H and O–H groups in total. The SMILES string of the molecule is COC(=O)[C@H](CCCCNC(=O)[C@@H]([NH3+])CCCC[NH3+])NC(=O)[C@@H]([NH3+])CCCC[NH3+].[Cl-].[Cl-].[Cl-].[Cl-]. The Hall–Kier alpha value is -0.590. The zero-order valence-corrected chi connectivity index (χ0v) is 22.7. The fourth-order valence-corrected chi connectivity index (χ4v) is 2.91. The molecule has 202 valence electrons. The van der Waals surface area contributed by atoms with Crippen molar-refractivity contribution in [1.29, 1.82) is 0 Å². The fraction of sp³-hybridized carbons (Fsp3) is 0.842. The molecule has 10 nitrogen and oxygen atoms in total. The van der Waals surface area contributed by atoms with Crippen molar-refractivity contribution in [3.05, 3.63) is 0 Å². The van der Waals surface area contributed by atoms with Crippen molar-refractivity contribution in [2.24, 2.45) is 0 Å². The molecule has 0 saturated heterocycles. The molecule has 14 heteroatoms. The highest BCUT2D eigenvalue weighted by Crippen LogP contribution is 2.05. The third-order valence-corrected chi connectivity index (χ3v) is 4.87. The molecule has 0 saturated carbocycles. The molecular weight excluding hydrogens is 518 g/mol. The quantitative estimate of drug-likeness (QED) is 0.0757. The molecule has 0 aliphatic heterocycles. The largest absolute Gasteiger partial charge is 1.00 e. The van der Waals surface area contributed by atoms with Crippen LogP contribution in [0.3, 0.4) is 0 Å². The van der Waals surface area contributed by atoms with Gasteiger partial charge in [-0.25, -0.2) is 4.79 Å². The second-order valence-corrected chi connectivity index (χ2v) is 7.46. The lowest BCUT2D eigenvalue weighted by Crippen LogP contribution is -3.00. The molecule has 2 amide bonds. The number of methoxy groups -OCH3 is 1. The van der Waals surface area contributed by atoms with Gasteiger partial charge in [-0.3, -0.25) is 9.59 Å². The smallest absolute Gasteiger partial charge is 0.328 e. The van der Waals surface area contributed by atoms with E-state index in [1.165, 1.54) is 7.11 Å². The summed E-state index contributed by atoms with van der Waals surface area (Å²) in [6, 6.07) is -1.34. The van der Waals surface area contributed by atoms with Gasteiger partial charge in [0.05, 0.1) is 20.2 Å². The van der Waals surface area contributed by atoms with E-state index in [1.54, 1.807) is 0 Å². The van der Waals surface area contributed by atoms with Gasteiger partial charge in [0, 0.05) is 19.4 Å². The number of halogens is 4. The van der Waals surface area contributed by atoms with E-state index >= 15 is 0 Å². The summed E-state index contributed by atoms with van der Waals surface area (Å²) in [5.41, 5.74) is 15.3. The number of unbranched alkanes of at least 4 members (excludes halogenated alkanes) is 3. The van der Waals surface area contributed by atoms with Crippen molar-refractivity contribution in [3.63, 3.8) is 0 Å². The van der Waals surface area contributed by atoms with E-state index < -0.39 is 18.1 Å². The molecule has 0 aromatic heterocycles. The molecule has 0 aromatic rings. The van der Waals surface area contributed by atoms with Gasteiger partial charge in [-0.15, -0.1) is 0 Å². The van der Waals surface area contributed by atoms with E-state index in [-0.39, 0.29) is 67.5 Å². The van der Waals surface area contributed by atoms with Crippen LogP contribution in [0.5, 0.6) is 0 Å². The van der Waals surface area contributed by atoms with Crippen LogP contribution in [-0.4, -0.2) is 62.7 Å². The van der Waals surface area contributed by atoms with Crippen LogP contribution >= 0.6 is 0 Å². The maximum absolute atomic E-state index is 12.3. The predicted molar refractivity (Wildman–Crippen MR) is 107 cm³/mol. The second-order valence-electron chi connectivity index (χ2n) is 7.46. The highest BCUT2D eigenvalue weighted by atomic mass is 35.5. The Kier molecular flexibility index (Phi) is 35.7. The summed E-state index contributed by atoms with van der Waals surface area (Å²) in [7, 11) is 1.31. The number of ether oxygens (including phenoxy) is 1. The molecule has 0 heterocycles. The molecule has 0 aliphatic rings. The van der Waals surface area contributed by atoms with Gasteiger partial charge in [-0.05, 0) is 44.9 Å². The van der Waals surface area contributed by atoms with Gasteiger partial charge >= 0.3 is 5.97 Å². The van der Waals surface area contributed by atoms with E-state index in [1.807, 2.05) is 0 Å². The Labute approximate surface area is 222 Å². The van der Waals surface area contributed by atoms with Crippen LogP contribution in [0.1, 0.15) is 57.8 Å². The van der Waals surface area contributed by atoms with Gasteiger partial charge < -0.3 is 87.9 Å². The molecule has 0 rings (SSSR count). The fourth-order valence-electron chi connectivity index (χ4n) is 2.91. The minimum Gasteiger partial charge on any atom is -1.00 e. The van der Waals surface area contributed by atoms with Crippen LogP contribution in [0.4, 0.5) is 0 Å². The molecule has 3 atom stereocenters. The van der Waals surface area contributed by atoms with E-state index in [0.29, 0.717) is 32.2 Å². The molecule has 0 spiro atoms. The molecule has 0 aromatic carbocycles. The summed E-state index contributed by atoms with van der Waals surface area (Å²) in [5, 5.41) is 5.63. The highest BCUT2D eigenvalue weighted by molar-refractivity contribution is 5.86. The van der Waals surface area contributed by atoms with E-state index in [2.05, 4.69) is 33.6 Å². The Balaban J connectivity index is -0.000000653. The van der Waals surface area contributed by atoms with Crippen molar-refractivity contribution in [1.82, 2.24) is 10.6 Å². The number of carbonyl (C=O) groups is 3. The molecule has 0 bridgehead atoms. The topological polar surface area (TPSA) is 195 Å². The van der Waals surface area contributed by atoms with Gasteiger partial charge in [-0.1, -0.05) is 0 Å². The maximum atomic E-state index is 12.3. The molecule has 0 unspecified atom stereocenters. The number of nitrogens with one attached hydrogen (secondary N) is 2. The summed E-state index contributed by atoms with van der Waals surface area (Å²) < 4.78 is 4.80. The lowest BCUT2D eigenvalue weighted by Gasteiger charge is -2.18. The zero-order valence-electron chi connectivity index (χ0n) is 19.7. The average molecular weight is 562 g/mol. The Morgan fingerprint density at radius 2 is 1.18 bits per heavy atom. The number of esters is 1. The summed E-state index contributed by atoms with van der Waals surface area (Å²) in [5.74, 6) is -0.746. The molecule has 33 heavy (non-hydrogen) atoms. The number of quaternary nitrogens is 4. The third-order valence-electron chi connectivity index (χ3n) is 4.87. The van der Waals surface area contributed by atoms with Crippen molar-refractivity contribution >= 4 is 17.8 Å². The Morgan fingerprint density at radius 1 is 0.727 bits per heavy atom. The highest BCUT2D eigenvalue weighted by Gasteiger charge is 2.25. The van der Waals surface area contributed by atoms with Crippen LogP contribution in [0.2, 0.25) is 0 Å². The number of rotatable bonds is 17. The van der Waals surface area contributed by atoms with Crippen molar-refractivity contribution < 1.29 is 91.7 Å². The molecular formula is C19H44Cl4N6O4. The molecule has 0 aliphatic carbocycles. The van der Waals surface area contributed by atoms with Crippen molar-refractivity contribution in [2.45, 2.75) is 75.9 Å². The average Bonchev–Trinajstić information content (AvgIpc) is 2.71. The molecule has 0 radical (unpaired) electrons. The van der Waals surface area contributed by atoms with Crippen molar-refractivity contribution in [2.75, 3.05) is 26.7 Å². The Morgan fingerprint density at radius 3 is 1.64 bits per heavy atom. The summed E-state index contributed by atoms with van der Waals surface area (Å²) in [6.07, 6.45) is 7.06. The normalized spacial score (nSPS) is 12.3. The van der Waals surface area contributed by atoms with Crippen LogP contribution in [0.25, 0.3) is 0 Å². The first-order valence-electron chi connectivity index (χ1n) is 10.8. The van der Waals surface area contributed by atoms with E-state index in [0.717, 1.165) is 45.2 Å². The summed E-state index contributed by atoms with van der Waals surface area (Å²) in [6.45, 7) is 2.23. The van der Waals surface area contributed by atoms with E-state index in [4.69, 9.17) is 4.74 Å².